The Morgan fingerprint density at radius 2 is 2.30 bits per heavy atom. The maximum atomic E-state index is 12.1. The molecule has 0 spiro atoms. The summed E-state index contributed by atoms with van der Waals surface area (Å²) in [6, 6.07) is 5.63. The zero-order chi connectivity index (χ0) is 14.7. The quantitative estimate of drug-likeness (QED) is 0.859. The second-order valence-corrected chi connectivity index (χ2v) is 5.25. The van der Waals surface area contributed by atoms with Gasteiger partial charge in [0.05, 0.1) is 18.4 Å². The fourth-order valence-electron chi connectivity index (χ4n) is 2.56. The predicted octanol–water partition coefficient (Wildman–Crippen LogP) is 1.21. The van der Waals surface area contributed by atoms with E-state index in [0.717, 1.165) is 24.3 Å². The first kappa shape index (κ1) is 19.7. The molecule has 3 rings (SSSR count). The molecule has 2 aromatic rings. The summed E-state index contributed by atoms with van der Waals surface area (Å²) in [5.74, 6) is -0.00837. The first-order valence-electron chi connectivity index (χ1n) is 7.29. The van der Waals surface area contributed by atoms with Crippen molar-refractivity contribution in [3.8, 4) is 0 Å². The van der Waals surface area contributed by atoms with E-state index in [-0.39, 0.29) is 42.9 Å². The minimum absolute atomic E-state index is 0. The van der Waals surface area contributed by atoms with Crippen molar-refractivity contribution < 1.29 is 9.53 Å². The number of halogens is 2. The average Bonchev–Trinajstić information content (AvgIpc) is 2.90. The third-order valence-corrected chi connectivity index (χ3v) is 3.69. The molecular formula is C15H22Cl2N4O2. The second-order valence-electron chi connectivity index (χ2n) is 5.25. The Balaban J connectivity index is 0.00000132. The molecular weight excluding hydrogens is 339 g/mol. The standard InChI is InChI=1S/C15H20N4O2.2ClH/c1-11-14(16-7-9-21-11)15(20)17-6-5-12-10-19-8-3-2-4-13(19)18-12;;/h2-4,8,10-11,14,16H,5-7,9H2,1H3,(H,17,20);2*1H/t11-,14+;;/m1../s1. The number of morpholine rings is 1. The number of rotatable bonds is 4. The molecule has 1 aliphatic rings. The van der Waals surface area contributed by atoms with Gasteiger partial charge in [-0.2, -0.15) is 0 Å². The van der Waals surface area contributed by atoms with E-state index in [1.807, 2.05) is 41.9 Å². The van der Waals surface area contributed by atoms with Crippen LogP contribution in [-0.2, 0) is 16.0 Å². The molecule has 1 saturated heterocycles. The van der Waals surface area contributed by atoms with Crippen molar-refractivity contribution in [3.05, 3.63) is 36.3 Å². The van der Waals surface area contributed by atoms with E-state index in [4.69, 9.17) is 4.74 Å². The molecule has 128 valence electrons. The molecule has 1 amide bonds. The molecule has 0 unspecified atom stereocenters. The monoisotopic (exact) mass is 360 g/mol. The first-order valence-corrected chi connectivity index (χ1v) is 7.29. The summed E-state index contributed by atoms with van der Waals surface area (Å²) >= 11 is 0. The third kappa shape index (κ3) is 4.81. The lowest BCUT2D eigenvalue weighted by atomic mass is 10.1. The number of pyridine rings is 1. The van der Waals surface area contributed by atoms with E-state index in [1.54, 1.807) is 0 Å². The van der Waals surface area contributed by atoms with E-state index in [2.05, 4.69) is 15.6 Å². The summed E-state index contributed by atoms with van der Waals surface area (Å²) < 4.78 is 7.46. The highest BCUT2D eigenvalue weighted by atomic mass is 35.5. The van der Waals surface area contributed by atoms with Crippen LogP contribution in [0.15, 0.2) is 30.6 Å². The number of hydrogen-bond acceptors (Lipinski definition) is 4. The Hall–Kier alpha value is -1.34. The van der Waals surface area contributed by atoms with Gasteiger partial charge in [-0.05, 0) is 19.1 Å². The van der Waals surface area contributed by atoms with E-state index in [9.17, 15) is 4.79 Å². The second kappa shape index (κ2) is 9.08. The highest BCUT2D eigenvalue weighted by Crippen LogP contribution is 2.06. The molecule has 2 N–H and O–H groups in total. The Labute approximate surface area is 147 Å². The number of fused-ring (bicyclic) bond motifs is 1. The van der Waals surface area contributed by atoms with E-state index >= 15 is 0 Å². The molecule has 0 aliphatic carbocycles. The summed E-state index contributed by atoms with van der Waals surface area (Å²) in [6.45, 7) is 3.87. The highest BCUT2D eigenvalue weighted by Gasteiger charge is 2.27. The van der Waals surface area contributed by atoms with Crippen molar-refractivity contribution >= 4 is 36.4 Å². The predicted molar refractivity (Wildman–Crippen MR) is 93.6 cm³/mol. The van der Waals surface area contributed by atoms with Crippen LogP contribution in [0.5, 0.6) is 0 Å². The van der Waals surface area contributed by atoms with E-state index in [1.165, 1.54) is 0 Å². The van der Waals surface area contributed by atoms with Crippen LogP contribution in [0.2, 0.25) is 0 Å². The van der Waals surface area contributed by atoms with Crippen molar-refractivity contribution in [3.63, 3.8) is 0 Å². The lowest BCUT2D eigenvalue weighted by Crippen LogP contribution is -2.55. The summed E-state index contributed by atoms with van der Waals surface area (Å²) in [5, 5.41) is 6.13. The Bertz CT molecular complexity index is 602. The first-order chi connectivity index (χ1) is 10.2. The molecule has 2 aromatic heterocycles. The molecule has 2 atom stereocenters. The van der Waals surface area contributed by atoms with Gasteiger partial charge in [-0.15, -0.1) is 24.8 Å². The molecule has 8 heteroatoms. The van der Waals surface area contributed by atoms with Crippen LogP contribution in [0.4, 0.5) is 0 Å². The molecule has 0 radical (unpaired) electrons. The van der Waals surface area contributed by atoms with Crippen molar-refractivity contribution in [2.75, 3.05) is 19.7 Å². The third-order valence-electron chi connectivity index (χ3n) is 3.69. The van der Waals surface area contributed by atoms with Crippen LogP contribution in [0.1, 0.15) is 12.6 Å². The number of hydrogen-bond donors (Lipinski definition) is 2. The minimum atomic E-state index is -0.264. The molecule has 6 nitrogen and oxygen atoms in total. The normalized spacial score (nSPS) is 20.4. The average molecular weight is 361 g/mol. The zero-order valence-corrected chi connectivity index (χ0v) is 14.5. The van der Waals surface area contributed by atoms with E-state index < -0.39 is 0 Å². The molecule has 0 saturated carbocycles. The summed E-state index contributed by atoms with van der Waals surface area (Å²) in [7, 11) is 0. The molecule has 0 bridgehead atoms. The topological polar surface area (TPSA) is 67.7 Å². The van der Waals surface area contributed by atoms with Crippen molar-refractivity contribution in [2.24, 2.45) is 0 Å². The summed E-state index contributed by atoms with van der Waals surface area (Å²) in [6.07, 6.45) is 4.59. The maximum Gasteiger partial charge on any atom is 0.239 e. The van der Waals surface area contributed by atoms with Gasteiger partial charge >= 0.3 is 0 Å². The van der Waals surface area contributed by atoms with Gasteiger partial charge in [0.25, 0.3) is 0 Å². The number of aromatic nitrogens is 2. The van der Waals surface area contributed by atoms with Crippen LogP contribution >= 0.6 is 24.8 Å². The number of nitrogens with one attached hydrogen (secondary N) is 2. The molecule has 1 aliphatic heterocycles. The van der Waals surface area contributed by atoms with Gasteiger partial charge in [-0.3, -0.25) is 4.79 Å². The van der Waals surface area contributed by atoms with Gasteiger partial charge in [0, 0.05) is 31.9 Å². The summed E-state index contributed by atoms with van der Waals surface area (Å²) in [5.41, 5.74) is 1.90. The van der Waals surface area contributed by atoms with Crippen molar-refractivity contribution in [1.82, 2.24) is 20.0 Å². The van der Waals surface area contributed by atoms with Crippen molar-refractivity contribution in [2.45, 2.75) is 25.5 Å². The van der Waals surface area contributed by atoms with Gasteiger partial charge in [0.2, 0.25) is 5.91 Å². The Morgan fingerprint density at radius 1 is 1.48 bits per heavy atom. The lowest BCUT2D eigenvalue weighted by molar-refractivity contribution is -0.128. The summed E-state index contributed by atoms with van der Waals surface area (Å²) in [4.78, 5) is 16.6. The van der Waals surface area contributed by atoms with Crippen LogP contribution < -0.4 is 10.6 Å². The number of ether oxygens (including phenoxy) is 1. The van der Waals surface area contributed by atoms with E-state index in [0.29, 0.717) is 13.2 Å². The van der Waals surface area contributed by atoms with Crippen LogP contribution in [0.3, 0.4) is 0 Å². The van der Waals surface area contributed by atoms with Crippen molar-refractivity contribution in [1.29, 1.82) is 0 Å². The van der Waals surface area contributed by atoms with Gasteiger partial charge in [0.1, 0.15) is 11.7 Å². The molecule has 23 heavy (non-hydrogen) atoms. The molecule has 3 heterocycles. The van der Waals surface area contributed by atoms with Crippen LogP contribution in [0, 0.1) is 0 Å². The fourth-order valence-corrected chi connectivity index (χ4v) is 2.56. The lowest BCUT2D eigenvalue weighted by Gasteiger charge is -2.29. The number of carbonyl (C=O) groups is 1. The smallest absolute Gasteiger partial charge is 0.239 e. The minimum Gasteiger partial charge on any atom is -0.375 e. The number of amides is 1. The van der Waals surface area contributed by atoms with Gasteiger partial charge in [-0.25, -0.2) is 4.98 Å². The SMILES string of the molecule is C[C@H]1OCCN[C@@H]1C(=O)NCCc1cn2ccccc2n1.Cl.Cl. The van der Waals surface area contributed by atoms with Crippen LogP contribution in [-0.4, -0.2) is 47.1 Å². The maximum absolute atomic E-state index is 12.1. The number of nitrogens with zero attached hydrogens (tertiary/aromatic N) is 2. The zero-order valence-electron chi connectivity index (χ0n) is 12.9. The van der Waals surface area contributed by atoms with Crippen LogP contribution in [0.25, 0.3) is 5.65 Å². The fraction of sp³-hybridized carbons (Fsp3) is 0.467. The Kier molecular flexibility index (Phi) is 7.78. The molecule has 1 fully saturated rings. The highest BCUT2D eigenvalue weighted by molar-refractivity contribution is 5.85. The molecule has 0 aromatic carbocycles. The van der Waals surface area contributed by atoms with Gasteiger partial charge in [0.15, 0.2) is 0 Å². The van der Waals surface area contributed by atoms with Gasteiger partial charge in [-0.1, -0.05) is 6.07 Å². The Morgan fingerprint density at radius 3 is 3.04 bits per heavy atom. The van der Waals surface area contributed by atoms with Gasteiger partial charge < -0.3 is 19.8 Å². The number of imidazole rings is 1. The largest absolute Gasteiger partial charge is 0.375 e. The number of carbonyl (C=O) groups excluding carboxylic acids is 1.